The molecule has 0 unspecified atom stereocenters. The second-order valence-corrected chi connectivity index (χ2v) is 9.90. The van der Waals surface area contributed by atoms with E-state index in [2.05, 4.69) is 4.72 Å². The minimum Gasteiger partial charge on any atom is -0.285 e. The van der Waals surface area contributed by atoms with Crippen LogP contribution >= 0.6 is 0 Å². The number of aromatic nitrogens is 2. The summed E-state index contributed by atoms with van der Waals surface area (Å²) < 4.78 is 68.8. The summed E-state index contributed by atoms with van der Waals surface area (Å²) in [6.45, 7) is 5.79. The zero-order chi connectivity index (χ0) is 24.6. The van der Waals surface area contributed by atoms with E-state index in [9.17, 15) is 26.4 Å². The minimum absolute atomic E-state index is 0.0294. The molecule has 3 rings (SSSR count). The van der Waals surface area contributed by atoms with Gasteiger partial charge in [-0.15, -0.1) is 0 Å². The molecule has 0 saturated heterocycles. The van der Waals surface area contributed by atoms with Crippen LogP contribution in [0.25, 0.3) is 5.69 Å². The van der Waals surface area contributed by atoms with Crippen molar-refractivity contribution in [3.05, 3.63) is 81.3 Å². The predicted octanol–water partition coefficient (Wildman–Crippen LogP) is 4.15. The summed E-state index contributed by atoms with van der Waals surface area (Å²) in [5, 5.41) is 0. The zero-order valence-electron chi connectivity index (χ0n) is 18.8. The van der Waals surface area contributed by atoms with Crippen LogP contribution in [0, 0.1) is 6.92 Å². The molecule has 1 N–H and O–H groups in total. The van der Waals surface area contributed by atoms with Crippen molar-refractivity contribution in [2.24, 2.45) is 7.05 Å². The van der Waals surface area contributed by atoms with Crippen LogP contribution in [-0.2, 0) is 29.7 Å². The first-order valence-electron chi connectivity index (χ1n) is 10.4. The second-order valence-electron chi connectivity index (χ2n) is 8.13. The third-order valence-electron chi connectivity index (χ3n) is 5.55. The highest BCUT2D eigenvalue weighted by molar-refractivity contribution is 7.89. The Labute approximate surface area is 190 Å². The Morgan fingerprint density at radius 2 is 1.58 bits per heavy atom. The first-order valence-corrected chi connectivity index (χ1v) is 11.9. The summed E-state index contributed by atoms with van der Waals surface area (Å²) in [5.74, 6) is 0.0541. The van der Waals surface area contributed by atoms with Crippen molar-refractivity contribution < 1.29 is 21.6 Å². The molecule has 0 atom stereocenters. The van der Waals surface area contributed by atoms with Crippen molar-refractivity contribution in [2.45, 2.75) is 44.2 Å². The van der Waals surface area contributed by atoms with E-state index in [0.29, 0.717) is 16.8 Å². The van der Waals surface area contributed by atoms with Crippen LogP contribution in [0.1, 0.15) is 42.1 Å². The van der Waals surface area contributed by atoms with Gasteiger partial charge in [0.2, 0.25) is 10.0 Å². The van der Waals surface area contributed by atoms with Gasteiger partial charge in [-0.3, -0.25) is 9.48 Å². The highest BCUT2D eigenvalue weighted by Gasteiger charge is 2.29. The average molecular weight is 482 g/mol. The first-order chi connectivity index (χ1) is 15.3. The van der Waals surface area contributed by atoms with E-state index >= 15 is 0 Å². The Bertz CT molecular complexity index is 1290. The Morgan fingerprint density at radius 1 is 1.00 bits per heavy atom. The van der Waals surface area contributed by atoms with Crippen molar-refractivity contribution >= 4 is 10.0 Å². The Kier molecular flexibility index (Phi) is 6.90. The second kappa shape index (κ2) is 9.18. The number of rotatable bonds is 7. The Hall–Kier alpha value is -2.85. The third kappa shape index (κ3) is 5.22. The van der Waals surface area contributed by atoms with E-state index in [1.807, 2.05) is 20.8 Å². The third-order valence-corrected chi connectivity index (χ3v) is 7.03. The number of sulfonamides is 1. The molecular weight excluding hydrogens is 455 g/mol. The lowest BCUT2D eigenvalue weighted by Gasteiger charge is -2.11. The summed E-state index contributed by atoms with van der Waals surface area (Å²) in [7, 11) is -2.05. The van der Waals surface area contributed by atoms with Gasteiger partial charge < -0.3 is 0 Å². The first kappa shape index (κ1) is 24.8. The maximum absolute atomic E-state index is 12.8. The molecule has 2 aromatic carbocycles. The molecule has 6 nitrogen and oxygen atoms in total. The fourth-order valence-electron chi connectivity index (χ4n) is 3.72. The molecule has 3 aromatic rings. The van der Waals surface area contributed by atoms with Gasteiger partial charge in [-0.1, -0.05) is 26.0 Å². The van der Waals surface area contributed by atoms with Gasteiger partial charge in [0.25, 0.3) is 5.56 Å². The lowest BCUT2D eigenvalue weighted by molar-refractivity contribution is -0.137. The van der Waals surface area contributed by atoms with E-state index in [4.69, 9.17) is 0 Å². The van der Waals surface area contributed by atoms with Gasteiger partial charge in [0.05, 0.1) is 16.1 Å². The molecule has 0 aliphatic heterocycles. The van der Waals surface area contributed by atoms with Gasteiger partial charge in [-0.2, -0.15) is 13.2 Å². The zero-order valence-corrected chi connectivity index (χ0v) is 19.6. The van der Waals surface area contributed by atoms with Crippen LogP contribution in [0.3, 0.4) is 0 Å². The number of hydrogen-bond donors (Lipinski definition) is 1. The van der Waals surface area contributed by atoms with Gasteiger partial charge in [-0.05, 0) is 61.2 Å². The molecule has 0 radical (unpaired) electrons. The number of nitrogens with zero attached hydrogens (tertiary/aromatic N) is 2. The molecule has 0 amide bonds. The van der Waals surface area contributed by atoms with E-state index in [-0.39, 0.29) is 29.3 Å². The van der Waals surface area contributed by atoms with Gasteiger partial charge in [0.15, 0.2) is 0 Å². The maximum Gasteiger partial charge on any atom is 0.416 e. The van der Waals surface area contributed by atoms with Crippen molar-refractivity contribution in [1.29, 1.82) is 0 Å². The van der Waals surface area contributed by atoms with E-state index in [1.54, 1.807) is 23.9 Å². The van der Waals surface area contributed by atoms with Crippen LogP contribution in [0.5, 0.6) is 0 Å². The fourth-order valence-corrected chi connectivity index (χ4v) is 4.76. The van der Waals surface area contributed by atoms with Crippen molar-refractivity contribution in [3.8, 4) is 5.69 Å². The Balaban J connectivity index is 1.72. The Morgan fingerprint density at radius 3 is 2.06 bits per heavy atom. The molecule has 10 heteroatoms. The maximum atomic E-state index is 12.8. The van der Waals surface area contributed by atoms with E-state index in [0.717, 1.165) is 17.8 Å². The quantitative estimate of drug-likeness (QED) is 0.551. The number of alkyl halides is 3. The van der Waals surface area contributed by atoms with Crippen LogP contribution in [0.2, 0.25) is 0 Å². The molecule has 1 heterocycles. The molecular formula is C23H26F3N3O3S. The van der Waals surface area contributed by atoms with Gasteiger partial charge in [0, 0.05) is 24.8 Å². The van der Waals surface area contributed by atoms with Gasteiger partial charge >= 0.3 is 6.18 Å². The summed E-state index contributed by atoms with van der Waals surface area (Å²) in [6, 6.07) is 10.6. The normalized spacial score (nSPS) is 12.5. The highest BCUT2D eigenvalue weighted by Crippen LogP contribution is 2.29. The summed E-state index contributed by atoms with van der Waals surface area (Å²) >= 11 is 0. The molecule has 0 saturated carbocycles. The fraction of sp³-hybridized carbons (Fsp3) is 0.348. The topological polar surface area (TPSA) is 73.1 Å². The SMILES string of the molecule is Cc1c(C(C)C)c(=O)n(-c2ccc(S(=O)(=O)NCCc3ccc(C(F)(F)F)cc3)cc2)n1C. The van der Waals surface area contributed by atoms with Crippen LogP contribution in [0.15, 0.2) is 58.2 Å². The van der Waals surface area contributed by atoms with Crippen LogP contribution in [-0.4, -0.2) is 24.3 Å². The van der Waals surface area contributed by atoms with Crippen LogP contribution in [0.4, 0.5) is 13.2 Å². The van der Waals surface area contributed by atoms with Crippen LogP contribution < -0.4 is 10.3 Å². The largest absolute Gasteiger partial charge is 0.416 e. The molecule has 0 aliphatic carbocycles. The summed E-state index contributed by atoms with van der Waals surface area (Å²) in [6.07, 6.45) is -4.17. The predicted molar refractivity (Wildman–Crippen MR) is 120 cm³/mol. The lowest BCUT2D eigenvalue weighted by atomic mass is 10.0. The van der Waals surface area contributed by atoms with Crippen molar-refractivity contribution in [1.82, 2.24) is 14.1 Å². The lowest BCUT2D eigenvalue weighted by Crippen LogP contribution is -2.26. The molecule has 0 bridgehead atoms. The minimum atomic E-state index is -4.41. The van der Waals surface area contributed by atoms with Gasteiger partial charge in [-0.25, -0.2) is 17.8 Å². The molecule has 0 fully saturated rings. The number of nitrogens with one attached hydrogen (secondary N) is 1. The number of halogens is 3. The summed E-state index contributed by atoms with van der Waals surface area (Å²) in [5.41, 5.74) is 1.78. The molecule has 33 heavy (non-hydrogen) atoms. The molecule has 178 valence electrons. The average Bonchev–Trinajstić information content (AvgIpc) is 2.96. The molecule has 1 aromatic heterocycles. The van der Waals surface area contributed by atoms with E-state index < -0.39 is 21.8 Å². The molecule has 0 aliphatic rings. The molecule has 0 spiro atoms. The highest BCUT2D eigenvalue weighted by atomic mass is 32.2. The van der Waals surface area contributed by atoms with Crippen molar-refractivity contribution in [2.75, 3.05) is 6.54 Å². The summed E-state index contributed by atoms with van der Waals surface area (Å²) in [4.78, 5) is 12.9. The number of benzene rings is 2. The van der Waals surface area contributed by atoms with Crippen molar-refractivity contribution in [3.63, 3.8) is 0 Å². The monoisotopic (exact) mass is 481 g/mol. The smallest absolute Gasteiger partial charge is 0.285 e. The standard InChI is InChI=1S/C23H26F3N3O3S/c1-15(2)21-16(3)28(4)29(22(21)30)19-9-11-20(12-10-19)33(31,32)27-14-13-17-5-7-18(8-6-17)23(24,25)26/h5-12,15,27H,13-14H2,1-4H3. The van der Waals surface area contributed by atoms with E-state index in [1.165, 1.54) is 28.9 Å². The van der Waals surface area contributed by atoms with Gasteiger partial charge in [0.1, 0.15) is 0 Å². The number of hydrogen-bond acceptors (Lipinski definition) is 3.